The van der Waals surface area contributed by atoms with Crippen molar-refractivity contribution in [1.82, 2.24) is 4.98 Å². The molecule has 7 nitrogen and oxygen atoms in total. The lowest BCUT2D eigenvalue weighted by Gasteiger charge is -2.22. The first-order valence-electron chi connectivity index (χ1n) is 6.01. The highest BCUT2D eigenvalue weighted by atomic mass is 79.9. The van der Waals surface area contributed by atoms with Gasteiger partial charge in [-0.1, -0.05) is 13.8 Å². The molecular formula is C12H16BrN3O4. The predicted octanol–water partition coefficient (Wildman–Crippen LogP) is 2.97. The van der Waals surface area contributed by atoms with Gasteiger partial charge < -0.3 is 10.4 Å². The van der Waals surface area contributed by atoms with E-state index in [0.717, 1.165) is 0 Å². The largest absolute Gasteiger partial charge is 0.481 e. The summed E-state index contributed by atoms with van der Waals surface area (Å²) in [5, 5.41) is 22.7. The lowest BCUT2D eigenvalue weighted by molar-refractivity contribution is -0.385. The first-order chi connectivity index (χ1) is 9.23. The molecule has 1 unspecified atom stereocenters. The van der Waals surface area contributed by atoms with Crippen LogP contribution < -0.4 is 5.32 Å². The average Bonchev–Trinajstić information content (AvgIpc) is 2.32. The lowest BCUT2D eigenvalue weighted by Crippen LogP contribution is -2.29. The molecule has 0 aromatic carbocycles. The number of aromatic nitrogens is 1. The van der Waals surface area contributed by atoms with Gasteiger partial charge in [0, 0.05) is 11.6 Å². The van der Waals surface area contributed by atoms with Crippen LogP contribution in [0.2, 0.25) is 0 Å². The van der Waals surface area contributed by atoms with Crippen LogP contribution in [-0.2, 0) is 4.79 Å². The molecule has 1 rings (SSSR count). The van der Waals surface area contributed by atoms with E-state index in [1.165, 1.54) is 6.20 Å². The first-order valence-corrected chi connectivity index (χ1v) is 6.81. The number of carboxylic acid groups (broad SMARTS) is 1. The van der Waals surface area contributed by atoms with E-state index in [2.05, 4.69) is 26.2 Å². The Morgan fingerprint density at radius 1 is 1.60 bits per heavy atom. The fourth-order valence-electron chi connectivity index (χ4n) is 1.67. The molecular weight excluding hydrogens is 330 g/mol. The van der Waals surface area contributed by atoms with Crippen LogP contribution in [0.25, 0.3) is 0 Å². The molecule has 1 aromatic rings. The van der Waals surface area contributed by atoms with Gasteiger partial charge in [-0.3, -0.25) is 14.9 Å². The standard InChI is InChI=1S/C12H16BrN3O4/c1-6(2)8(4-10(17)18)15-12-11(13)7(3)9(5-14-12)16(19)20/h5-6,8H,4H2,1-3H3,(H,14,15)(H,17,18). The van der Waals surface area contributed by atoms with Crippen LogP contribution >= 0.6 is 15.9 Å². The minimum atomic E-state index is -0.911. The molecule has 0 radical (unpaired) electrons. The van der Waals surface area contributed by atoms with Gasteiger partial charge >= 0.3 is 5.97 Å². The van der Waals surface area contributed by atoms with E-state index in [9.17, 15) is 14.9 Å². The van der Waals surface area contributed by atoms with Gasteiger partial charge in [0.2, 0.25) is 0 Å². The average molecular weight is 346 g/mol. The van der Waals surface area contributed by atoms with Crippen LogP contribution in [0.4, 0.5) is 11.5 Å². The number of carboxylic acids is 1. The quantitative estimate of drug-likeness (QED) is 0.606. The number of aliphatic carboxylic acids is 1. The van der Waals surface area contributed by atoms with Crippen molar-refractivity contribution >= 4 is 33.4 Å². The Kier molecular flexibility index (Phi) is 5.43. The Balaban J connectivity index is 3.05. The van der Waals surface area contributed by atoms with Crippen molar-refractivity contribution < 1.29 is 14.8 Å². The van der Waals surface area contributed by atoms with Crippen LogP contribution in [0.3, 0.4) is 0 Å². The molecule has 110 valence electrons. The Morgan fingerprint density at radius 2 is 2.20 bits per heavy atom. The number of anilines is 1. The van der Waals surface area contributed by atoms with Crippen LogP contribution in [0.5, 0.6) is 0 Å². The van der Waals surface area contributed by atoms with Crippen LogP contribution in [-0.4, -0.2) is 27.0 Å². The number of carbonyl (C=O) groups is 1. The maximum Gasteiger partial charge on any atom is 0.305 e. The van der Waals surface area contributed by atoms with E-state index >= 15 is 0 Å². The van der Waals surface area contributed by atoms with E-state index in [0.29, 0.717) is 15.9 Å². The Labute approximate surface area is 124 Å². The maximum absolute atomic E-state index is 10.8. The highest BCUT2D eigenvalue weighted by molar-refractivity contribution is 9.10. The monoisotopic (exact) mass is 345 g/mol. The third-order valence-corrected chi connectivity index (χ3v) is 3.93. The zero-order chi connectivity index (χ0) is 15.4. The molecule has 0 fully saturated rings. The minimum absolute atomic E-state index is 0.0537. The van der Waals surface area contributed by atoms with Gasteiger partial charge in [-0.2, -0.15) is 0 Å². The van der Waals surface area contributed by atoms with Gasteiger partial charge in [0.15, 0.2) is 0 Å². The Bertz CT molecular complexity index is 534. The smallest absolute Gasteiger partial charge is 0.305 e. The van der Waals surface area contributed by atoms with Gasteiger partial charge in [0.1, 0.15) is 12.0 Å². The number of rotatable bonds is 6. The molecule has 0 aliphatic carbocycles. The van der Waals surface area contributed by atoms with Crippen LogP contribution in [0.15, 0.2) is 10.7 Å². The fraction of sp³-hybridized carbons (Fsp3) is 0.500. The molecule has 1 heterocycles. The van der Waals surface area contributed by atoms with Gasteiger partial charge in [-0.25, -0.2) is 4.98 Å². The Morgan fingerprint density at radius 3 is 2.65 bits per heavy atom. The van der Waals surface area contributed by atoms with Gasteiger partial charge in [0.05, 0.1) is 15.8 Å². The lowest BCUT2D eigenvalue weighted by atomic mass is 10.0. The number of pyridine rings is 1. The van der Waals surface area contributed by atoms with Gasteiger partial charge in [0.25, 0.3) is 5.69 Å². The molecule has 0 saturated carbocycles. The van der Waals surface area contributed by atoms with Crippen molar-refractivity contribution in [3.05, 3.63) is 26.3 Å². The number of hydrogen-bond acceptors (Lipinski definition) is 5. The summed E-state index contributed by atoms with van der Waals surface area (Å²) in [4.78, 5) is 25.1. The summed E-state index contributed by atoms with van der Waals surface area (Å²) in [6, 6.07) is -0.308. The first kappa shape index (κ1) is 16.4. The second kappa shape index (κ2) is 6.65. The summed E-state index contributed by atoms with van der Waals surface area (Å²) in [5.74, 6) is -0.422. The molecule has 0 aliphatic rings. The van der Waals surface area contributed by atoms with Crippen molar-refractivity contribution in [3.8, 4) is 0 Å². The molecule has 0 saturated heterocycles. The highest BCUT2D eigenvalue weighted by Gasteiger charge is 2.22. The van der Waals surface area contributed by atoms with Crippen molar-refractivity contribution in [3.63, 3.8) is 0 Å². The summed E-state index contributed by atoms with van der Waals surface area (Å²) >= 11 is 3.27. The third kappa shape index (κ3) is 3.89. The number of hydrogen-bond donors (Lipinski definition) is 2. The van der Waals surface area contributed by atoms with E-state index in [1.807, 2.05) is 13.8 Å². The fourth-order valence-corrected chi connectivity index (χ4v) is 2.09. The zero-order valence-corrected chi connectivity index (χ0v) is 13.0. The molecule has 0 aliphatic heterocycles. The molecule has 2 N–H and O–H groups in total. The summed E-state index contributed by atoms with van der Waals surface area (Å²) in [6.07, 6.45) is 1.11. The summed E-state index contributed by atoms with van der Waals surface area (Å²) in [7, 11) is 0. The zero-order valence-electron chi connectivity index (χ0n) is 11.4. The predicted molar refractivity (Wildman–Crippen MR) is 77.8 cm³/mol. The van der Waals surface area contributed by atoms with E-state index in [4.69, 9.17) is 5.11 Å². The van der Waals surface area contributed by atoms with Crippen molar-refractivity contribution in [2.45, 2.75) is 33.2 Å². The minimum Gasteiger partial charge on any atom is -0.481 e. The summed E-state index contributed by atoms with van der Waals surface area (Å²) < 4.78 is 0.475. The number of nitrogens with zero attached hydrogens (tertiary/aromatic N) is 2. The molecule has 8 heteroatoms. The molecule has 0 amide bonds. The summed E-state index contributed by atoms with van der Waals surface area (Å²) in [6.45, 7) is 5.40. The Hall–Kier alpha value is -1.70. The van der Waals surface area contributed by atoms with E-state index in [-0.39, 0.29) is 24.1 Å². The second-order valence-electron chi connectivity index (χ2n) is 4.78. The van der Waals surface area contributed by atoms with Gasteiger partial charge in [-0.05, 0) is 28.8 Å². The number of nitro groups is 1. The molecule has 0 bridgehead atoms. The van der Waals surface area contributed by atoms with E-state index in [1.54, 1.807) is 6.92 Å². The van der Waals surface area contributed by atoms with Crippen LogP contribution in [0.1, 0.15) is 25.8 Å². The molecule has 1 aromatic heterocycles. The van der Waals surface area contributed by atoms with Gasteiger partial charge in [-0.15, -0.1) is 0 Å². The second-order valence-corrected chi connectivity index (χ2v) is 5.57. The topological polar surface area (TPSA) is 105 Å². The molecule has 0 spiro atoms. The van der Waals surface area contributed by atoms with Crippen molar-refractivity contribution in [2.75, 3.05) is 5.32 Å². The maximum atomic E-state index is 10.8. The third-order valence-electron chi connectivity index (χ3n) is 2.96. The normalized spacial score (nSPS) is 12.2. The van der Waals surface area contributed by atoms with Crippen LogP contribution in [0, 0.1) is 23.0 Å². The van der Waals surface area contributed by atoms with E-state index < -0.39 is 10.9 Å². The van der Waals surface area contributed by atoms with Crippen molar-refractivity contribution in [1.29, 1.82) is 0 Å². The van der Waals surface area contributed by atoms with Crippen molar-refractivity contribution in [2.24, 2.45) is 5.92 Å². The summed E-state index contributed by atoms with van der Waals surface area (Å²) in [5.41, 5.74) is 0.368. The molecule has 20 heavy (non-hydrogen) atoms. The molecule has 1 atom stereocenters. The number of nitrogens with one attached hydrogen (secondary N) is 1. The number of halogens is 1. The highest BCUT2D eigenvalue weighted by Crippen LogP contribution is 2.31. The SMILES string of the molecule is Cc1c([N+](=O)[O-])cnc(NC(CC(=O)O)C(C)C)c1Br.